The van der Waals surface area contributed by atoms with Crippen molar-refractivity contribution in [3.8, 4) is 0 Å². The average molecular weight is 399 g/mol. The summed E-state index contributed by atoms with van der Waals surface area (Å²) in [6, 6.07) is 8.46. The molecule has 1 atom stereocenters. The molecule has 0 bridgehead atoms. The molecular weight excluding hydrogens is 373 g/mol. The molecule has 3 heterocycles. The molecule has 4 rings (SSSR count). The Hall–Kier alpha value is -2.64. The zero-order valence-corrected chi connectivity index (χ0v) is 16.8. The Morgan fingerprint density at radius 3 is 2.76 bits per heavy atom. The number of rotatable bonds is 6. The number of benzene rings is 1. The van der Waals surface area contributed by atoms with Gasteiger partial charge in [0.2, 0.25) is 5.91 Å². The van der Waals surface area contributed by atoms with E-state index in [0.717, 1.165) is 46.8 Å². The first kappa shape index (κ1) is 19.7. The van der Waals surface area contributed by atoms with Gasteiger partial charge in [-0.1, -0.05) is 0 Å². The maximum absolute atomic E-state index is 13.7. The van der Waals surface area contributed by atoms with Crippen molar-refractivity contribution in [2.45, 2.75) is 26.3 Å². The van der Waals surface area contributed by atoms with Gasteiger partial charge >= 0.3 is 0 Å². The standard InChI is InChI=1S/C22H26FN3O3/c1-14-3-6-21(29-14)20(26-7-9-28-10-8-26)13-24-22(27)12-17-15(2)25-19-5-4-16(23)11-18(17)19/h3-6,11,20,25H,7-10,12-13H2,1-2H3,(H,24,27). The molecule has 1 aliphatic rings. The zero-order valence-electron chi connectivity index (χ0n) is 16.8. The summed E-state index contributed by atoms with van der Waals surface area (Å²) in [6.45, 7) is 7.19. The molecule has 3 aromatic rings. The molecule has 29 heavy (non-hydrogen) atoms. The Balaban J connectivity index is 1.47. The van der Waals surface area contributed by atoms with Crippen molar-refractivity contribution in [3.05, 3.63) is 58.9 Å². The maximum atomic E-state index is 13.7. The van der Waals surface area contributed by atoms with Gasteiger partial charge in [0, 0.05) is 36.2 Å². The predicted octanol–water partition coefficient (Wildman–Crippen LogP) is 3.25. The van der Waals surface area contributed by atoms with E-state index in [9.17, 15) is 9.18 Å². The van der Waals surface area contributed by atoms with E-state index in [1.165, 1.54) is 12.1 Å². The van der Waals surface area contributed by atoms with E-state index in [0.29, 0.717) is 19.8 Å². The number of aromatic amines is 1. The lowest BCUT2D eigenvalue weighted by molar-refractivity contribution is -0.120. The van der Waals surface area contributed by atoms with Crippen LogP contribution in [0.15, 0.2) is 34.7 Å². The Bertz CT molecular complexity index is 1000. The van der Waals surface area contributed by atoms with Crippen molar-refractivity contribution in [3.63, 3.8) is 0 Å². The van der Waals surface area contributed by atoms with Crippen LogP contribution in [0.2, 0.25) is 0 Å². The molecule has 1 aliphatic heterocycles. The van der Waals surface area contributed by atoms with Crippen molar-refractivity contribution in [2.24, 2.45) is 0 Å². The largest absolute Gasteiger partial charge is 0.465 e. The number of aryl methyl sites for hydroxylation is 2. The number of hydrogen-bond acceptors (Lipinski definition) is 4. The van der Waals surface area contributed by atoms with Crippen LogP contribution in [0, 0.1) is 19.7 Å². The van der Waals surface area contributed by atoms with Crippen LogP contribution < -0.4 is 5.32 Å². The molecule has 2 aromatic heterocycles. The van der Waals surface area contributed by atoms with E-state index in [4.69, 9.17) is 9.15 Å². The van der Waals surface area contributed by atoms with Gasteiger partial charge < -0.3 is 19.5 Å². The first-order valence-corrected chi connectivity index (χ1v) is 9.93. The third kappa shape index (κ3) is 4.36. The normalized spacial score (nSPS) is 16.2. The fraction of sp³-hybridized carbons (Fsp3) is 0.409. The average Bonchev–Trinajstić information content (AvgIpc) is 3.26. The highest BCUT2D eigenvalue weighted by atomic mass is 19.1. The fourth-order valence-corrected chi connectivity index (χ4v) is 3.95. The molecule has 0 aliphatic carbocycles. The lowest BCUT2D eigenvalue weighted by atomic mass is 10.1. The van der Waals surface area contributed by atoms with Crippen LogP contribution in [-0.2, 0) is 16.0 Å². The molecule has 7 heteroatoms. The van der Waals surface area contributed by atoms with Crippen LogP contribution in [0.5, 0.6) is 0 Å². The minimum atomic E-state index is -0.307. The van der Waals surface area contributed by atoms with Gasteiger partial charge in [-0.3, -0.25) is 9.69 Å². The summed E-state index contributed by atoms with van der Waals surface area (Å²) in [5.41, 5.74) is 2.55. The Kier molecular flexibility index (Phi) is 5.69. The lowest BCUT2D eigenvalue weighted by Crippen LogP contribution is -2.44. The molecule has 1 unspecified atom stereocenters. The van der Waals surface area contributed by atoms with Crippen LogP contribution >= 0.6 is 0 Å². The van der Waals surface area contributed by atoms with Gasteiger partial charge in [-0.15, -0.1) is 0 Å². The Morgan fingerprint density at radius 1 is 1.24 bits per heavy atom. The number of furan rings is 1. The predicted molar refractivity (Wildman–Crippen MR) is 108 cm³/mol. The third-order valence-corrected chi connectivity index (χ3v) is 5.49. The molecular formula is C22H26FN3O3. The van der Waals surface area contributed by atoms with Gasteiger partial charge in [-0.2, -0.15) is 0 Å². The summed E-state index contributed by atoms with van der Waals surface area (Å²) in [5, 5.41) is 3.80. The SMILES string of the molecule is Cc1ccc(C(CNC(=O)Cc2c(C)[nH]c3ccc(F)cc23)N2CCOCC2)o1. The number of aromatic nitrogens is 1. The summed E-state index contributed by atoms with van der Waals surface area (Å²) in [7, 11) is 0. The molecule has 1 amide bonds. The topological polar surface area (TPSA) is 70.5 Å². The second-order valence-corrected chi connectivity index (χ2v) is 7.51. The highest BCUT2D eigenvalue weighted by Gasteiger charge is 2.26. The number of fused-ring (bicyclic) bond motifs is 1. The van der Waals surface area contributed by atoms with Gasteiger partial charge in [0.15, 0.2) is 0 Å². The van der Waals surface area contributed by atoms with Crippen molar-refractivity contribution in [2.75, 3.05) is 32.8 Å². The highest BCUT2D eigenvalue weighted by Crippen LogP contribution is 2.25. The van der Waals surface area contributed by atoms with Crippen molar-refractivity contribution >= 4 is 16.8 Å². The molecule has 1 fully saturated rings. The second-order valence-electron chi connectivity index (χ2n) is 7.51. The number of carbonyl (C=O) groups is 1. The monoisotopic (exact) mass is 399 g/mol. The minimum absolute atomic E-state index is 0.0435. The van der Waals surface area contributed by atoms with Crippen molar-refractivity contribution < 1.29 is 18.3 Å². The number of halogens is 1. The molecule has 1 saturated heterocycles. The van der Waals surface area contributed by atoms with Crippen molar-refractivity contribution in [1.29, 1.82) is 0 Å². The summed E-state index contributed by atoms with van der Waals surface area (Å²) in [6.07, 6.45) is 0.197. The summed E-state index contributed by atoms with van der Waals surface area (Å²) < 4.78 is 25.0. The van der Waals surface area contributed by atoms with Gasteiger partial charge in [-0.25, -0.2) is 4.39 Å². The molecule has 0 saturated carbocycles. The number of amides is 1. The highest BCUT2D eigenvalue weighted by molar-refractivity contribution is 5.90. The van der Waals surface area contributed by atoms with Crippen LogP contribution in [0.25, 0.3) is 10.9 Å². The van der Waals surface area contributed by atoms with Gasteiger partial charge in [0.25, 0.3) is 0 Å². The molecule has 0 spiro atoms. The fourth-order valence-electron chi connectivity index (χ4n) is 3.95. The van der Waals surface area contributed by atoms with E-state index in [2.05, 4.69) is 15.2 Å². The third-order valence-electron chi connectivity index (χ3n) is 5.49. The smallest absolute Gasteiger partial charge is 0.224 e. The van der Waals surface area contributed by atoms with E-state index < -0.39 is 0 Å². The molecule has 154 valence electrons. The number of carbonyl (C=O) groups excluding carboxylic acids is 1. The van der Waals surface area contributed by atoms with Gasteiger partial charge in [0.05, 0.1) is 25.7 Å². The van der Waals surface area contributed by atoms with E-state index in [1.54, 1.807) is 6.07 Å². The summed E-state index contributed by atoms with van der Waals surface area (Å²) in [5.74, 6) is 1.29. The van der Waals surface area contributed by atoms with Gasteiger partial charge in [0.1, 0.15) is 17.3 Å². The number of morpholine rings is 1. The lowest BCUT2D eigenvalue weighted by Gasteiger charge is -2.33. The number of H-pyrrole nitrogens is 1. The summed E-state index contributed by atoms with van der Waals surface area (Å²) in [4.78, 5) is 18.2. The summed E-state index contributed by atoms with van der Waals surface area (Å²) >= 11 is 0. The molecule has 0 radical (unpaired) electrons. The molecule has 6 nitrogen and oxygen atoms in total. The van der Waals surface area contributed by atoms with E-state index in [1.807, 2.05) is 26.0 Å². The number of ether oxygens (including phenoxy) is 1. The first-order valence-electron chi connectivity index (χ1n) is 9.93. The van der Waals surface area contributed by atoms with Crippen LogP contribution in [0.3, 0.4) is 0 Å². The molecule has 1 aromatic carbocycles. The van der Waals surface area contributed by atoms with E-state index in [-0.39, 0.29) is 24.2 Å². The number of hydrogen-bond donors (Lipinski definition) is 2. The minimum Gasteiger partial charge on any atom is -0.465 e. The maximum Gasteiger partial charge on any atom is 0.224 e. The van der Waals surface area contributed by atoms with Gasteiger partial charge in [-0.05, 0) is 49.7 Å². The van der Waals surface area contributed by atoms with Crippen molar-refractivity contribution in [1.82, 2.24) is 15.2 Å². The zero-order chi connectivity index (χ0) is 20.4. The number of nitrogens with one attached hydrogen (secondary N) is 2. The Labute approximate surface area is 169 Å². The van der Waals surface area contributed by atoms with Crippen LogP contribution in [0.4, 0.5) is 4.39 Å². The Morgan fingerprint density at radius 2 is 2.03 bits per heavy atom. The van der Waals surface area contributed by atoms with E-state index >= 15 is 0 Å². The quantitative estimate of drug-likeness (QED) is 0.668. The number of nitrogens with zero attached hydrogens (tertiary/aromatic N) is 1. The second kappa shape index (κ2) is 8.39. The van der Waals surface area contributed by atoms with Crippen LogP contribution in [0.1, 0.15) is 28.8 Å². The van der Waals surface area contributed by atoms with Crippen LogP contribution in [-0.4, -0.2) is 48.6 Å². The first-order chi connectivity index (χ1) is 14.0. The molecule has 2 N–H and O–H groups in total.